The van der Waals surface area contributed by atoms with E-state index in [9.17, 15) is 19.8 Å². The third-order valence-electron chi connectivity index (χ3n) is 3.57. The number of nitrogens with zero attached hydrogens (tertiary/aromatic N) is 3. The summed E-state index contributed by atoms with van der Waals surface area (Å²) in [5.41, 5.74) is 0.967. The van der Waals surface area contributed by atoms with Gasteiger partial charge in [-0.15, -0.1) is 0 Å². The Hall–Kier alpha value is -2.02. The van der Waals surface area contributed by atoms with Crippen molar-refractivity contribution in [2.45, 2.75) is 25.1 Å². The fourth-order valence-corrected chi connectivity index (χ4v) is 2.82. The first-order valence-corrected chi connectivity index (χ1v) is 5.58. The highest BCUT2D eigenvalue weighted by atomic mass is 16.4. The van der Waals surface area contributed by atoms with Crippen molar-refractivity contribution in [2.24, 2.45) is 5.92 Å². The van der Waals surface area contributed by atoms with E-state index in [0.717, 1.165) is 0 Å². The van der Waals surface area contributed by atoms with Gasteiger partial charge in [0, 0.05) is 11.8 Å². The van der Waals surface area contributed by atoms with Crippen LogP contribution < -0.4 is 0 Å². The number of hydrogen-bond donors (Lipinski definition) is 2. The highest BCUT2D eigenvalue weighted by Crippen LogP contribution is 2.53. The largest absolute Gasteiger partial charge is 0.479 e. The van der Waals surface area contributed by atoms with Crippen molar-refractivity contribution in [1.82, 2.24) is 15.1 Å². The van der Waals surface area contributed by atoms with Crippen molar-refractivity contribution in [3.63, 3.8) is 0 Å². The number of aliphatic carboxylic acids is 1. The third-order valence-corrected chi connectivity index (χ3v) is 3.57. The van der Waals surface area contributed by atoms with Gasteiger partial charge in [-0.2, -0.15) is 10.2 Å². The second-order valence-electron chi connectivity index (χ2n) is 4.57. The lowest BCUT2D eigenvalue weighted by molar-refractivity contribution is -0.174. The smallest absolute Gasteiger partial charge is 0.332 e. The van der Waals surface area contributed by atoms with Gasteiger partial charge in [-0.3, -0.25) is 4.79 Å². The molecule has 3 rings (SSSR count). The number of carboxylic acid groups (broad SMARTS) is 1. The van der Waals surface area contributed by atoms with E-state index in [4.69, 9.17) is 0 Å². The SMILES string of the molecule is C[C@@H](O)[C@H]1C(=O)N2C(C(=O)O)c3nnccc3[C@H]12. The highest BCUT2D eigenvalue weighted by Gasteiger charge is 2.60. The Morgan fingerprint density at radius 2 is 2.28 bits per heavy atom. The van der Waals surface area contributed by atoms with Gasteiger partial charge in [0.05, 0.1) is 18.1 Å². The maximum absolute atomic E-state index is 11.9. The molecule has 1 saturated heterocycles. The Bertz CT molecular complexity index is 545. The molecular formula is C11H11N3O4. The summed E-state index contributed by atoms with van der Waals surface area (Å²) in [6.45, 7) is 1.53. The number of aliphatic hydroxyl groups excluding tert-OH is 1. The first-order chi connectivity index (χ1) is 8.54. The number of amides is 1. The molecule has 1 unspecified atom stereocenters. The summed E-state index contributed by atoms with van der Waals surface area (Å²) in [5, 5.41) is 26.3. The Morgan fingerprint density at radius 3 is 2.89 bits per heavy atom. The molecule has 7 nitrogen and oxygen atoms in total. The number of carbonyl (C=O) groups is 2. The lowest BCUT2D eigenvalue weighted by Gasteiger charge is -2.45. The molecule has 94 valence electrons. The minimum Gasteiger partial charge on any atom is -0.479 e. The van der Waals surface area contributed by atoms with Gasteiger partial charge < -0.3 is 15.1 Å². The molecule has 2 aliphatic rings. The number of hydrogen-bond acceptors (Lipinski definition) is 5. The van der Waals surface area contributed by atoms with Crippen LogP contribution in [0.5, 0.6) is 0 Å². The maximum Gasteiger partial charge on any atom is 0.332 e. The van der Waals surface area contributed by atoms with Crippen molar-refractivity contribution in [1.29, 1.82) is 0 Å². The molecule has 0 aliphatic carbocycles. The molecule has 0 spiro atoms. The van der Waals surface area contributed by atoms with E-state index in [1.54, 1.807) is 6.07 Å². The zero-order valence-electron chi connectivity index (χ0n) is 9.52. The van der Waals surface area contributed by atoms with E-state index in [2.05, 4.69) is 10.2 Å². The predicted molar refractivity (Wildman–Crippen MR) is 57.2 cm³/mol. The molecular weight excluding hydrogens is 238 g/mol. The van der Waals surface area contributed by atoms with Crippen LogP contribution in [0.1, 0.15) is 30.3 Å². The van der Waals surface area contributed by atoms with Crippen LogP contribution in [0.3, 0.4) is 0 Å². The normalized spacial score (nSPS) is 30.4. The zero-order valence-corrected chi connectivity index (χ0v) is 9.52. The van der Waals surface area contributed by atoms with E-state index >= 15 is 0 Å². The van der Waals surface area contributed by atoms with E-state index < -0.39 is 30.1 Å². The molecule has 0 saturated carbocycles. The van der Waals surface area contributed by atoms with E-state index in [1.807, 2.05) is 0 Å². The molecule has 2 N–H and O–H groups in total. The average Bonchev–Trinajstić information content (AvgIpc) is 2.60. The summed E-state index contributed by atoms with van der Waals surface area (Å²) < 4.78 is 0. The highest BCUT2D eigenvalue weighted by molar-refractivity contribution is 5.94. The summed E-state index contributed by atoms with van der Waals surface area (Å²) in [7, 11) is 0. The van der Waals surface area contributed by atoms with Crippen molar-refractivity contribution in [3.8, 4) is 0 Å². The number of carboxylic acids is 1. The van der Waals surface area contributed by atoms with Crippen molar-refractivity contribution >= 4 is 11.9 Å². The number of fused-ring (bicyclic) bond motifs is 3. The van der Waals surface area contributed by atoms with Gasteiger partial charge in [0.1, 0.15) is 5.69 Å². The van der Waals surface area contributed by atoms with Crippen LogP contribution in [0.2, 0.25) is 0 Å². The fraction of sp³-hybridized carbons (Fsp3) is 0.455. The molecule has 0 bridgehead atoms. The third kappa shape index (κ3) is 1.16. The fourth-order valence-electron chi connectivity index (χ4n) is 2.82. The van der Waals surface area contributed by atoms with Crippen LogP contribution in [-0.4, -0.2) is 43.3 Å². The first kappa shape index (κ1) is 11.1. The van der Waals surface area contributed by atoms with Gasteiger partial charge in [0.2, 0.25) is 5.91 Å². The predicted octanol–water partition coefficient (Wildman–Crippen LogP) is -0.504. The van der Waals surface area contributed by atoms with Gasteiger partial charge in [-0.25, -0.2) is 4.79 Å². The van der Waals surface area contributed by atoms with Gasteiger partial charge in [0.25, 0.3) is 0 Å². The lowest BCUT2D eigenvalue weighted by atomic mass is 9.82. The number of aliphatic hydroxyl groups is 1. The summed E-state index contributed by atoms with van der Waals surface area (Å²) in [6, 6.07) is 0.176. The minimum absolute atomic E-state index is 0.298. The Kier molecular flexibility index (Phi) is 2.15. The second kappa shape index (κ2) is 3.49. The van der Waals surface area contributed by atoms with Gasteiger partial charge in [0.15, 0.2) is 6.04 Å². The molecule has 2 aliphatic heterocycles. The van der Waals surface area contributed by atoms with Crippen LogP contribution in [0.15, 0.2) is 12.3 Å². The van der Waals surface area contributed by atoms with Gasteiger partial charge >= 0.3 is 5.97 Å². The van der Waals surface area contributed by atoms with E-state index in [1.165, 1.54) is 18.0 Å². The van der Waals surface area contributed by atoms with Crippen LogP contribution in [0.4, 0.5) is 0 Å². The molecule has 3 heterocycles. The van der Waals surface area contributed by atoms with Crippen LogP contribution in [0.25, 0.3) is 0 Å². The van der Waals surface area contributed by atoms with Crippen molar-refractivity contribution < 1.29 is 19.8 Å². The topological polar surface area (TPSA) is 104 Å². The summed E-state index contributed by atoms with van der Waals surface area (Å²) in [6.07, 6.45) is 0.649. The number of rotatable bonds is 2. The minimum atomic E-state index is -1.13. The van der Waals surface area contributed by atoms with Crippen LogP contribution in [0, 0.1) is 5.92 Å². The first-order valence-electron chi connectivity index (χ1n) is 5.58. The van der Waals surface area contributed by atoms with Crippen molar-refractivity contribution in [3.05, 3.63) is 23.5 Å². The molecule has 1 amide bonds. The molecule has 1 fully saturated rings. The van der Waals surface area contributed by atoms with Crippen LogP contribution in [-0.2, 0) is 9.59 Å². The molecule has 18 heavy (non-hydrogen) atoms. The maximum atomic E-state index is 11.9. The molecule has 1 aromatic heterocycles. The Morgan fingerprint density at radius 1 is 1.56 bits per heavy atom. The van der Waals surface area contributed by atoms with E-state index in [-0.39, 0.29) is 5.91 Å². The summed E-state index contributed by atoms with van der Waals surface area (Å²) in [4.78, 5) is 24.4. The molecule has 0 aromatic carbocycles. The van der Waals surface area contributed by atoms with Crippen molar-refractivity contribution in [2.75, 3.05) is 0 Å². The lowest BCUT2D eigenvalue weighted by Crippen LogP contribution is -2.57. The number of aromatic nitrogens is 2. The number of carbonyl (C=O) groups excluding carboxylic acids is 1. The number of β-lactam (4-membered cyclic amide) rings is 1. The van der Waals surface area contributed by atoms with Crippen LogP contribution >= 0.6 is 0 Å². The summed E-state index contributed by atoms with van der Waals surface area (Å²) in [5.74, 6) is -2.06. The Balaban J connectivity index is 2.10. The quantitative estimate of drug-likeness (QED) is 0.684. The van der Waals surface area contributed by atoms with Gasteiger partial charge in [-0.05, 0) is 13.0 Å². The Labute approximate surface area is 102 Å². The average molecular weight is 249 g/mol. The molecule has 1 aromatic rings. The monoisotopic (exact) mass is 249 g/mol. The molecule has 0 radical (unpaired) electrons. The second-order valence-corrected chi connectivity index (χ2v) is 4.57. The standard InChI is InChI=1S/C11H11N3O4/c1-4(15)6-8-5-2-3-12-13-7(5)9(11(17)18)14(8)10(6)16/h2-4,6,8-9,15H,1H3,(H,17,18)/t4-,6-,8-,9?/m1/s1. The molecule has 7 heteroatoms. The zero-order chi connectivity index (χ0) is 13.0. The summed E-state index contributed by atoms with van der Waals surface area (Å²) >= 11 is 0. The van der Waals surface area contributed by atoms with E-state index in [0.29, 0.717) is 11.3 Å². The molecule has 4 atom stereocenters. The van der Waals surface area contributed by atoms with Gasteiger partial charge in [-0.1, -0.05) is 0 Å².